The lowest BCUT2D eigenvalue weighted by atomic mass is 10.0. The van der Waals surface area contributed by atoms with Crippen LogP contribution in [-0.2, 0) is 0 Å². The van der Waals surface area contributed by atoms with Crippen molar-refractivity contribution in [3.8, 4) is 11.1 Å². The lowest BCUT2D eigenvalue weighted by molar-refractivity contribution is 0.0697. The Morgan fingerprint density at radius 1 is 1.30 bits per heavy atom. The fourth-order valence-electron chi connectivity index (χ4n) is 2.65. The summed E-state index contributed by atoms with van der Waals surface area (Å²) in [5.41, 5.74) is 4.41. The normalized spacial score (nSPS) is 15.2. The molecule has 0 bridgehead atoms. The highest BCUT2D eigenvalue weighted by atomic mass is 16.4. The van der Waals surface area contributed by atoms with E-state index in [0.717, 1.165) is 29.1 Å². The Balaban J connectivity index is 1.81. The molecular formula is C18H21N3O2. The summed E-state index contributed by atoms with van der Waals surface area (Å²) in [6, 6.07) is 8.97. The van der Waals surface area contributed by atoms with Gasteiger partial charge in [0.25, 0.3) is 0 Å². The first-order valence-electron chi connectivity index (χ1n) is 7.76. The Morgan fingerprint density at radius 2 is 2.00 bits per heavy atom. The summed E-state index contributed by atoms with van der Waals surface area (Å²) in [5.74, 6) is -0.913. The number of carboxylic acids is 1. The van der Waals surface area contributed by atoms with Gasteiger partial charge in [0.05, 0.1) is 17.4 Å². The van der Waals surface area contributed by atoms with Gasteiger partial charge in [0.1, 0.15) is 0 Å². The maximum Gasteiger partial charge on any atom is 0.335 e. The Morgan fingerprint density at radius 3 is 2.57 bits per heavy atom. The van der Waals surface area contributed by atoms with Crippen molar-refractivity contribution in [3.05, 3.63) is 47.8 Å². The van der Waals surface area contributed by atoms with Crippen LogP contribution in [0, 0.1) is 6.92 Å². The SMILES string of the molecule is CNC1(CNc2cnc(C)c(-c3ccc(C(=O)O)cc3)c2)CC1. The van der Waals surface area contributed by atoms with Crippen molar-refractivity contribution in [3.63, 3.8) is 0 Å². The van der Waals surface area contributed by atoms with Crippen LogP contribution in [0.2, 0.25) is 0 Å². The van der Waals surface area contributed by atoms with Crippen molar-refractivity contribution in [2.24, 2.45) is 0 Å². The topological polar surface area (TPSA) is 74.2 Å². The standard InChI is InChI=1S/C18H21N3O2/c1-12-16(13-3-5-14(6-4-13)17(22)23)9-15(10-20-12)21-11-18(19-2)7-8-18/h3-6,9-10,19,21H,7-8,11H2,1-2H3,(H,22,23). The molecule has 1 saturated carbocycles. The number of nitrogens with zero attached hydrogens (tertiary/aromatic N) is 1. The summed E-state index contributed by atoms with van der Waals surface area (Å²) in [7, 11) is 2.00. The van der Waals surface area contributed by atoms with E-state index in [1.165, 1.54) is 12.8 Å². The third kappa shape index (κ3) is 3.35. The predicted octanol–water partition coefficient (Wildman–Crippen LogP) is 2.92. The zero-order valence-electron chi connectivity index (χ0n) is 13.4. The molecule has 0 saturated heterocycles. The number of carboxylic acid groups (broad SMARTS) is 1. The fourth-order valence-corrected chi connectivity index (χ4v) is 2.65. The number of aromatic nitrogens is 1. The van der Waals surface area contributed by atoms with Gasteiger partial charge in [0.15, 0.2) is 0 Å². The van der Waals surface area contributed by atoms with Gasteiger partial charge in [-0.1, -0.05) is 12.1 Å². The molecule has 120 valence electrons. The average molecular weight is 311 g/mol. The van der Waals surface area contributed by atoms with Crippen molar-refractivity contribution in [2.75, 3.05) is 18.9 Å². The quantitative estimate of drug-likeness (QED) is 0.765. The molecule has 0 aliphatic heterocycles. The van der Waals surface area contributed by atoms with Crippen LogP contribution in [0.5, 0.6) is 0 Å². The zero-order valence-corrected chi connectivity index (χ0v) is 13.4. The highest BCUT2D eigenvalue weighted by Gasteiger charge is 2.40. The molecule has 2 aromatic rings. The zero-order chi connectivity index (χ0) is 16.4. The van der Waals surface area contributed by atoms with E-state index in [9.17, 15) is 4.79 Å². The van der Waals surface area contributed by atoms with Crippen LogP contribution < -0.4 is 10.6 Å². The molecule has 1 aromatic carbocycles. The van der Waals surface area contributed by atoms with Crippen LogP contribution in [0.25, 0.3) is 11.1 Å². The summed E-state index contributed by atoms with van der Waals surface area (Å²) in [6.45, 7) is 2.84. The van der Waals surface area contributed by atoms with Gasteiger partial charge in [0.2, 0.25) is 0 Å². The minimum Gasteiger partial charge on any atom is -0.478 e. The number of hydrogen-bond acceptors (Lipinski definition) is 4. The van der Waals surface area contributed by atoms with Gasteiger partial charge in [-0.2, -0.15) is 0 Å². The Bertz CT molecular complexity index is 722. The van der Waals surface area contributed by atoms with Crippen LogP contribution in [0.3, 0.4) is 0 Å². The number of benzene rings is 1. The van der Waals surface area contributed by atoms with Gasteiger partial charge < -0.3 is 15.7 Å². The molecule has 0 spiro atoms. The summed E-state index contributed by atoms with van der Waals surface area (Å²) in [4.78, 5) is 15.4. The molecule has 5 nitrogen and oxygen atoms in total. The van der Waals surface area contributed by atoms with Crippen LogP contribution >= 0.6 is 0 Å². The second kappa shape index (κ2) is 6.01. The van der Waals surface area contributed by atoms with Gasteiger partial charge in [-0.3, -0.25) is 4.98 Å². The average Bonchev–Trinajstić information content (AvgIpc) is 3.35. The van der Waals surface area contributed by atoms with E-state index in [2.05, 4.69) is 21.7 Å². The molecule has 5 heteroatoms. The van der Waals surface area contributed by atoms with Gasteiger partial charge in [0, 0.05) is 23.3 Å². The Kier molecular flexibility index (Phi) is 4.05. The molecular weight excluding hydrogens is 290 g/mol. The minimum absolute atomic E-state index is 0.230. The summed E-state index contributed by atoms with van der Waals surface area (Å²) in [6.07, 6.45) is 4.23. The molecule has 0 radical (unpaired) electrons. The molecule has 1 fully saturated rings. The monoisotopic (exact) mass is 311 g/mol. The number of pyridine rings is 1. The smallest absolute Gasteiger partial charge is 0.335 e. The lowest BCUT2D eigenvalue weighted by Gasteiger charge is -2.16. The lowest BCUT2D eigenvalue weighted by Crippen LogP contribution is -2.34. The van der Waals surface area contributed by atoms with Crippen molar-refractivity contribution >= 4 is 11.7 Å². The van der Waals surface area contributed by atoms with Gasteiger partial charge >= 0.3 is 5.97 Å². The number of aryl methyl sites for hydroxylation is 1. The molecule has 0 atom stereocenters. The van der Waals surface area contributed by atoms with Crippen LogP contribution in [0.4, 0.5) is 5.69 Å². The first-order valence-corrected chi connectivity index (χ1v) is 7.76. The summed E-state index contributed by atoms with van der Waals surface area (Å²) in [5, 5.41) is 15.8. The number of carbonyl (C=O) groups is 1. The van der Waals surface area contributed by atoms with Gasteiger partial charge in [-0.05, 0) is 50.6 Å². The molecule has 1 heterocycles. The first-order chi connectivity index (χ1) is 11.0. The molecule has 1 aliphatic rings. The van der Waals surface area contributed by atoms with E-state index in [4.69, 9.17) is 5.11 Å². The van der Waals surface area contributed by atoms with Crippen molar-refractivity contribution in [1.29, 1.82) is 0 Å². The maximum atomic E-state index is 11.0. The van der Waals surface area contributed by atoms with Gasteiger partial charge in [-0.25, -0.2) is 4.79 Å². The first kappa shape index (κ1) is 15.5. The molecule has 3 rings (SSSR count). The van der Waals surface area contributed by atoms with Crippen LogP contribution in [0.15, 0.2) is 36.5 Å². The van der Waals surface area contributed by atoms with E-state index in [1.807, 2.05) is 32.3 Å². The fraction of sp³-hybridized carbons (Fsp3) is 0.333. The minimum atomic E-state index is -0.913. The second-order valence-electron chi connectivity index (χ2n) is 6.12. The third-order valence-corrected chi connectivity index (χ3v) is 4.54. The molecule has 0 unspecified atom stereocenters. The number of likely N-dealkylation sites (N-methyl/N-ethyl adjacent to an activating group) is 1. The summed E-state index contributed by atoms with van der Waals surface area (Å²) < 4.78 is 0. The van der Waals surface area contributed by atoms with Crippen molar-refractivity contribution in [1.82, 2.24) is 10.3 Å². The Hall–Kier alpha value is -2.40. The number of hydrogen-bond donors (Lipinski definition) is 3. The second-order valence-corrected chi connectivity index (χ2v) is 6.12. The Labute approximate surface area is 135 Å². The van der Waals surface area contributed by atoms with E-state index >= 15 is 0 Å². The number of aromatic carboxylic acids is 1. The van der Waals surface area contributed by atoms with E-state index < -0.39 is 5.97 Å². The molecule has 23 heavy (non-hydrogen) atoms. The molecule has 3 N–H and O–H groups in total. The van der Waals surface area contributed by atoms with Gasteiger partial charge in [-0.15, -0.1) is 0 Å². The van der Waals surface area contributed by atoms with E-state index in [1.54, 1.807) is 12.1 Å². The predicted molar refractivity (Wildman–Crippen MR) is 90.9 cm³/mol. The highest BCUT2D eigenvalue weighted by Crippen LogP contribution is 2.35. The third-order valence-electron chi connectivity index (χ3n) is 4.54. The number of anilines is 1. The summed E-state index contributed by atoms with van der Waals surface area (Å²) >= 11 is 0. The number of nitrogens with one attached hydrogen (secondary N) is 2. The van der Waals surface area contributed by atoms with Crippen molar-refractivity contribution in [2.45, 2.75) is 25.3 Å². The largest absolute Gasteiger partial charge is 0.478 e. The highest BCUT2D eigenvalue weighted by molar-refractivity contribution is 5.88. The van der Waals surface area contributed by atoms with E-state index in [0.29, 0.717) is 5.56 Å². The number of rotatable bonds is 6. The van der Waals surface area contributed by atoms with Crippen LogP contribution in [-0.4, -0.2) is 35.2 Å². The van der Waals surface area contributed by atoms with E-state index in [-0.39, 0.29) is 5.54 Å². The molecule has 0 amide bonds. The van der Waals surface area contributed by atoms with Crippen LogP contribution in [0.1, 0.15) is 28.9 Å². The van der Waals surface area contributed by atoms with Crippen molar-refractivity contribution < 1.29 is 9.90 Å². The maximum absolute atomic E-state index is 11.0. The molecule has 1 aromatic heterocycles. The molecule has 1 aliphatic carbocycles.